The molecule has 0 aliphatic heterocycles. The Bertz CT molecular complexity index is 357. The molecule has 2 nitrogen and oxygen atoms in total. The van der Waals surface area contributed by atoms with Crippen LogP contribution in [0.3, 0.4) is 0 Å². The fourth-order valence-electron chi connectivity index (χ4n) is 1.24. The molecule has 0 spiro atoms. The van der Waals surface area contributed by atoms with Crippen LogP contribution in [0, 0.1) is 11.7 Å². The number of hydrogen-bond donors (Lipinski definition) is 1. The highest BCUT2D eigenvalue weighted by molar-refractivity contribution is 9.09. The predicted octanol–water partition coefficient (Wildman–Crippen LogP) is 2.52. The van der Waals surface area contributed by atoms with Crippen LogP contribution in [0.1, 0.15) is 12.5 Å². The molecule has 1 unspecified atom stereocenters. The van der Waals surface area contributed by atoms with E-state index in [4.69, 9.17) is 0 Å². The molecule has 88 valence electrons. The van der Waals surface area contributed by atoms with Gasteiger partial charge in [0.25, 0.3) is 0 Å². The summed E-state index contributed by atoms with van der Waals surface area (Å²) < 4.78 is 12.8. The molecule has 0 bridgehead atoms. The third kappa shape index (κ3) is 4.75. The standard InChI is InChI=1S/C12H15BrFNO/c1-9(7-13)8-15-12(16)6-10-3-2-4-11(14)5-10/h2-5,9H,6-8H2,1H3,(H,15,16). The lowest BCUT2D eigenvalue weighted by molar-refractivity contribution is -0.120. The minimum Gasteiger partial charge on any atom is -0.356 e. The highest BCUT2D eigenvalue weighted by Crippen LogP contribution is 2.04. The number of alkyl halides is 1. The number of rotatable bonds is 5. The number of halogens is 2. The van der Waals surface area contributed by atoms with Gasteiger partial charge in [0.15, 0.2) is 0 Å². The maximum Gasteiger partial charge on any atom is 0.224 e. The van der Waals surface area contributed by atoms with Crippen molar-refractivity contribution in [1.82, 2.24) is 5.32 Å². The molecule has 1 rings (SSSR count). The molecule has 0 saturated heterocycles. The molecule has 1 N–H and O–H groups in total. The molecular weight excluding hydrogens is 273 g/mol. The molecule has 0 aliphatic rings. The fraction of sp³-hybridized carbons (Fsp3) is 0.417. The van der Waals surface area contributed by atoms with E-state index in [1.165, 1.54) is 12.1 Å². The lowest BCUT2D eigenvalue weighted by Crippen LogP contribution is -2.30. The Morgan fingerprint density at radius 2 is 2.31 bits per heavy atom. The van der Waals surface area contributed by atoms with Crippen molar-refractivity contribution >= 4 is 21.8 Å². The van der Waals surface area contributed by atoms with Crippen molar-refractivity contribution in [2.45, 2.75) is 13.3 Å². The molecule has 1 atom stereocenters. The second-order valence-electron chi connectivity index (χ2n) is 3.87. The van der Waals surface area contributed by atoms with Crippen molar-refractivity contribution < 1.29 is 9.18 Å². The molecular formula is C12H15BrFNO. The smallest absolute Gasteiger partial charge is 0.224 e. The van der Waals surface area contributed by atoms with E-state index in [2.05, 4.69) is 21.2 Å². The monoisotopic (exact) mass is 287 g/mol. The minimum absolute atomic E-state index is 0.0709. The highest BCUT2D eigenvalue weighted by Gasteiger charge is 2.05. The van der Waals surface area contributed by atoms with Crippen LogP contribution in [0.25, 0.3) is 0 Å². The van der Waals surface area contributed by atoms with Gasteiger partial charge in [-0.25, -0.2) is 4.39 Å². The predicted molar refractivity (Wildman–Crippen MR) is 66.1 cm³/mol. The Balaban J connectivity index is 2.40. The molecule has 1 amide bonds. The molecule has 0 radical (unpaired) electrons. The molecule has 0 saturated carbocycles. The van der Waals surface area contributed by atoms with Crippen LogP contribution < -0.4 is 5.32 Å². The summed E-state index contributed by atoms with van der Waals surface area (Å²) in [6.07, 6.45) is 0.229. The lowest BCUT2D eigenvalue weighted by Gasteiger charge is -2.09. The van der Waals surface area contributed by atoms with Crippen molar-refractivity contribution in [3.63, 3.8) is 0 Å². The van der Waals surface area contributed by atoms with Crippen molar-refractivity contribution in [2.24, 2.45) is 5.92 Å². The van der Waals surface area contributed by atoms with E-state index in [1.807, 2.05) is 6.92 Å². The first kappa shape index (κ1) is 13.2. The average Bonchev–Trinajstić information content (AvgIpc) is 2.26. The van der Waals surface area contributed by atoms with Crippen LogP contribution in [0.15, 0.2) is 24.3 Å². The normalized spacial score (nSPS) is 12.2. The lowest BCUT2D eigenvalue weighted by atomic mass is 10.1. The third-order valence-electron chi connectivity index (χ3n) is 2.16. The first-order chi connectivity index (χ1) is 7.61. The zero-order chi connectivity index (χ0) is 12.0. The Morgan fingerprint density at radius 3 is 2.94 bits per heavy atom. The summed E-state index contributed by atoms with van der Waals surface area (Å²) in [6.45, 7) is 2.68. The topological polar surface area (TPSA) is 29.1 Å². The Labute approximate surface area is 103 Å². The second-order valence-corrected chi connectivity index (χ2v) is 4.52. The number of benzene rings is 1. The molecule has 0 fully saturated rings. The zero-order valence-electron chi connectivity index (χ0n) is 9.17. The van der Waals surface area contributed by atoms with Gasteiger partial charge >= 0.3 is 0 Å². The first-order valence-corrected chi connectivity index (χ1v) is 6.31. The summed E-state index contributed by atoms with van der Waals surface area (Å²) in [5, 5.41) is 3.66. The number of carbonyl (C=O) groups excluding carboxylic acids is 1. The summed E-state index contributed by atoms with van der Waals surface area (Å²) in [4.78, 5) is 11.5. The number of nitrogens with one attached hydrogen (secondary N) is 1. The van der Waals surface area contributed by atoms with Crippen LogP contribution in [0.4, 0.5) is 4.39 Å². The molecule has 16 heavy (non-hydrogen) atoms. The summed E-state index contributed by atoms with van der Waals surface area (Å²) in [5.74, 6) is 0.0222. The quantitative estimate of drug-likeness (QED) is 0.829. The summed E-state index contributed by atoms with van der Waals surface area (Å²) in [5.41, 5.74) is 0.698. The van der Waals surface area contributed by atoms with Crippen LogP contribution >= 0.6 is 15.9 Å². The van der Waals surface area contributed by atoms with E-state index in [0.717, 1.165) is 5.33 Å². The SMILES string of the molecule is CC(CBr)CNC(=O)Cc1cccc(F)c1. The van der Waals surface area contributed by atoms with Crippen molar-refractivity contribution in [2.75, 3.05) is 11.9 Å². The number of hydrogen-bond acceptors (Lipinski definition) is 1. The molecule has 0 aliphatic carbocycles. The van der Waals surface area contributed by atoms with Gasteiger partial charge in [-0.05, 0) is 23.6 Å². The molecule has 0 heterocycles. The van der Waals surface area contributed by atoms with E-state index in [1.54, 1.807) is 12.1 Å². The summed E-state index contributed by atoms with van der Waals surface area (Å²) in [6, 6.07) is 6.11. The Hall–Kier alpha value is -0.900. The Kier molecular flexibility index (Phi) is 5.46. The molecule has 1 aromatic carbocycles. The van der Waals surface area contributed by atoms with Gasteiger partial charge in [0, 0.05) is 11.9 Å². The second kappa shape index (κ2) is 6.63. The van der Waals surface area contributed by atoms with Gasteiger partial charge in [-0.15, -0.1) is 0 Å². The van der Waals surface area contributed by atoms with E-state index < -0.39 is 0 Å². The summed E-state index contributed by atoms with van der Waals surface area (Å²) in [7, 11) is 0. The average molecular weight is 288 g/mol. The largest absolute Gasteiger partial charge is 0.356 e. The van der Waals surface area contributed by atoms with Gasteiger partial charge in [0.2, 0.25) is 5.91 Å². The van der Waals surface area contributed by atoms with E-state index in [9.17, 15) is 9.18 Å². The highest BCUT2D eigenvalue weighted by atomic mass is 79.9. The van der Waals surface area contributed by atoms with Crippen LogP contribution in [-0.4, -0.2) is 17.8 Å². The Morgan fingerprint density at radius 1 is 1.56 bits per heavy atom. The number of carbonyl (C=O) groups is 1. The summed E-state index contributed by atoms with van der Waals surface area (Å²) >= 11 is 3.34. The molecule has 1 aromatic rings. The third-order valence-corrected chi connectivity index (χ3v) is 3.27. The van der Waals surface area contributed by atoms with E-state index in [0.29, 0.717) is 18.0 Å². The maximum atomic E-state index is 12.8. The van der Waals surface area contributed by atoms with Gasteiger partial charge in [-0.3, -0.25) is 4.79 Å². The van der Waals surface area contributed by atoms with E-state index in [-0.39, 0.29) is 18.1 Å². The van der Waals surface area contributed by atoms with Gasteiger partial charge in [-0.2, -0.15) is 0 Å². The van der Waals surface area contributed by atoms with Gasteiger partial charge in [0.05, 0.1) is 6.42 Å². The molecule has 4 heteroatoms. The van der Waals surface area contributed by atoms with Crippen molar-refractivity contribution in [3.8, 4) is 0 Å². The van der Waals surface area contributed by atoms with Crippen molar-refractivity contribution in [3.05, 3.63) is 35.6 Å². The van der Waals surface area contributed by atoms with Crippen molar-refractivity contribution in [1.29, 1.82) is 0 Å². The van der Waals surface area contributed by atoms with Crippen LogP contribution in [0.2, 0.25) is 0 Å². The van der Waals surface area contributed by atoms with Gasteiger partial charge < -0.3 is 5.32 Å². The van der Waals surface area contributed by atoms with E-state index >= 15 is 0 Å². The minimum atomic E-state index is -0.306. The number of amides is 1. The first-order valence-electron chi connectivity index (χ1n) is 5.19. The zero-order valence-corrected chi connectivity index (χ0v) is 10.8. The van der Waals surface area contributed by atoms with Crippen LogP contribution in [0.5, 0.6) is 0 Å². The van der Waals surface area contributed by atoms with Gasteiger partial charge in [0.1, 0.15) is 5.82 Å². The fourth-order valence-corrected chi connectivity index (χ4v) is 1.47. The van der Waals surface area contributed by atoms with Crippen LogP contribution in [-0.2, 0) is 11.2 Å². The molecule has 0 aromatic heterocycles. The van der Waals surface area contributed by atoms with Gasteiger partial charge in [-0.1, -0.05) is 35.0 Å². The maximum absolute atomic E-state index is 12.8.